The van der Waals surface area contributed by atoms with E-state index < -0.39 is 6.04 Å². The smallest absolute Gasteiger partial charge is 0.251 e. The average molecular weight is 477 g/mol. The monoisotopic (exact) mass is 476 g/mol. The minimum Gasteiger partial charge on any atom is -0.351 e. The van der Waals surface area contributed by atoms with Crippen molar-refractivity contribution >= 4 is 23.4 Å². The zero-order chi connectivity index (χ0) is 23.8. The largest absolute Gasteiger partial charge is 0.351 e. The molecule has 1 aliphatic heterocycles. The number of carbonyl (C=O) groups excluding carboxylic acids is 2. The number of carbonyl (C=O) groups is 2. The Labute approximate surface area is 205 Å². The summed E-state index contributed by atoms with van der Waals surface area (Å²) in [7, 11) is 0. The van der Waals surface area contributed by atoms with Crippen LogP contribution in [0, 0.1) is 0 Å². The molecule has 4 rings (SSSR count). The van der Waals surface area contributed by atoms with Gasteiger partial charge in [0.25, 0.3) is 5.91 Å². The molecule has 34 heavy (non-hydrogen) atoms. The van der Waals surface area contributed by atoms with E-state index in [1.165, 1.54) is 0 Å². The highest BCUT2D eigenvalue weighted by Crippen LogP contribution is 2.14. The first-order valence-electron chi connectivity index (χ1n) is 11.6. The number of halogens is 1. The van der Waals surface area contributed by atoms with Crippen LogP contribution < -0.4 is 10.6 Å². The molecular formula is C27H29ClN4O2. The van der Waals surface area contributed by atoms with Crippen molar-refractivity contribution in [1.29, 1.82) is 0 Å². The van der Waals surface area contributed by atoms with Gasteiger partial charge < -0.3 is 10.6 Å². The second-order valence-electron chi connectivity index (χ2n) is 8.60. The lowest BCUT2D eigenvalue weighted by atomic mass is 10.0. The molecule has 2 N–H and O–H groups in total. The van der Waals surface area contributed by atoms with E-state index in [9.17, 15) is 9.59 Å². The Bertz CT molecular complexity index is 1070. The molecule has 1 unspecified atom stereocenters. The molecule has 2 heterocycles. The number of amides is 2. The van der Waals surface area contributed by atoms with Crippen LogP contribution in [0.25, 0.3) is 0 Å². The Morgan fingerprint density at radius 1 is 0.971 bits per heavy atom. The molecule has 2 aromatic carbocycles. The third-order valence-corrected chi connectivity index (χ3v) is 6.31. The molecule has 0 radical (unpaired) electrons. The van der Waals surface area contributed by atoms with Crippen LogP contribution in [0.15, 0.2) is 79.0 Å². The summed E-state index contributed by atoms with van der Waals surface area (Å²) in [6, 6.07) is 21.7. The van der Waals surface area contributed by atoms with Crippen LogP contribution in [0.5, 0.6) is 0 Å². The zero-order valence-corrected chi connectivity index (χ0v) is 19.7. The fourth-order valence-corrected chi connectivity index (χ4v) is 4.29. The van der Waals surface area contributed by atoms with E-state index in [0.717, 1.165) is 43.7 Å². The number of hydrogen-bond acceptors (Lipinski definition) is 4. The van der Waals surface area contributed by atoms with Gasteiger partial charge in [0.1, 0.15) is 6.04 Å². The van der Waals surface area contributed by atoms with Gasteiger partial charge in [0, 0.05) is 48.9 Å². The number of hydrogen-bond donors (Lipinski definition) is 2. The quantitative estimate of drug-likeness (QED) is 0.517. The molecule has 176 valence electrons. The fourth-order valence-electron chi connectivity index (χ4n) is 4.16. The Hall–Kier alpha value is -3.22. The minimum atomic E-state index is -0.669. The summed E-state index contributed by atoms with van der Waals surface area (Å²) in [5.41, 5.74) is 2.51. The number of likely N-dealkylation sites (tertiary alicyclic amines) is 1. The maximum absolute atomic E-state index is 13.2. The first-order chi connectivity index (χ1) is 16.6. The average Bonchev–Trinajstić information content (AvgIpc) is 2.86. The molecular weight excluding hydrogens is 448 g/mol. The first kappa shape index (κ1) is 23.9. The van der Waals surface area contributed by atoms with E-state index >= 15 is 0 Å². The van der Waals surface area contributed by atoms with Gasteiger partial charge in [0.2, 0.25) is 5.91 Å². The molecule has 0 saturated carbocycles. The number of benzene rings is 2. The van der Waals surface area contributed by atoms with Gasteiger partial charge in [-0.1, -0.05) is 48.0 Å². The number of rotatable bonds is 8. The lowest BCUT2D eigenvalue weighted by molar-refractivity contribution is -0.124. The molecule has 2 amide bonds. The summed E-state index contributed by atoms with van der Waals surface area (Å²) in [5.74, 6) is -0.452. The highest BCUT2D eigenvalue weighted by Gasteiger charge is 2.26. The Kier molecular flexibility index (Phi) is 8.28. The molecule has 1 fully saturated rings. The third-order valence-electron chi connectivity index (χ3n) is 6.06. The maximum Gasteiger partial charge on any atom is 0.251 e. The van der Waals surface area contributed by atoms with E-state index in [-0.39, 0.29) is 17.9 Å². The van der Waals surface area contributed by atoms with E-state index in [1.54, 1.807) is 24.3 Å². The highest BCUT2D eigenvalue weighted by atomic mass is 35.5. The molecule has 1 aliphatic rings. The van der Waals surface area contributed by atoms with Gasteiger partial charge in [0.15, 0.2) is 0 Å². The van der Waals surface area contributed by atoms with Crippen LogP contribution in [0.3, 0.4) is 0 Å². The van der Waals surface area contributed by atoms with Gasteiger partial charge in [-0.05, 0) is 54.8 Å². The Morgan fingerprint density at radius 3 is 2.35 bits per heavy atom. The second-order valence-corrected chi connectivity index (χ2v) is 9.04. The number of pyridine rings is 1. The van der Waals surface area contributed by atoms with Crippen molar-refractivity contribution in [1.82, 2.24) is 20.5 Å². The van der Waals surface area contributed by atoms with Gasteiger partial charge in [-0.15, -0.1) is 0 Å². The van der Waals surface area contributed by atoms with Crippen LogP contribution in [0.2, 0.25) is 5.02 Å². The van der Waals surface area contributed by atoms with Crippen molar-refractivity contribution in [2.45, 2.75) is 37.9 Å². The minimum absolute atomic E-state index is 0.0817. The van der Waals surface area contributed by atoms with Crippen molar-refractivity contribution in [3.8, 4) is 0 Å². The molecule has 1 aromatic heterocycles. The van der Waals surface area contributed by atoms with Crippen LogP contribution in [-0.4, -0.2) is 46.9 Å². The van der Waals surface area contributed by atoms with Crippen LogP contribution >= 0.6 is 11.6 Å². The van der Waals surface area contributed by atoms with Crippen LogP contribution in [0.1, 0.15) is 34.5 Å². The SMILES string of the molecule is O=C(NC(Cc1ccccc1)C(=O)NC1CCN(Cc2ccccn2)CC1)c1ccc(Cl)cc1. The van der Waals surface area contributed by atoms with Crippen molar-refractivity contribution in [2.75, 3.05) is 13.1 Å². The van der Waals surface area contributed by atoms with Gasteiger partial charge in [-0.25, -0.2) is 0 Å². The Morgan fingerprint density at radius 2 is 1.68 bits per heavy atom. The number of nitrogens with one attached hydrogen (secondary N) is 2. The third kappa shape index (κ3) is 6.89. The van der Waals surface area contributed by atoms with Crippen molar-refractivity contribution < 1.29 is 9.59 Å². The molecule has 1 saturated heterocycles. The summed E-state index contributed by atoms with van der Waals surface area (Å²) in [4.78, 5) is 32.8. The molecule has 3 aromatic rings. The first-order valence-corrected chi connectivity index (χ1v) is 12.0. The predicted molar refractivity (Wildman–Crippen MR) is 134 cm³/mol. The van der Waals surface area contributed by atoms with E-state index in [1.807, 2.05) is 54.7 Å². The summed E-state index contributed by atoms with van der Waals surface area (Å²) in [5, 5.41) is 6.65. The van der Waals surface area contributed by atoms with E-state index in [0.29, 0.717) is 17.0 Å². The molecule has 1 atom stereocenters. The lowest BCUT2D eigenvalue weighted by Crippen LogP contribution is -2.52. The van der Waals surface area contributed by atoms with Crippen LogP contribution in [0.4, 0.5) is 0 Å². The van der Waals surface area contributed by atoms with Crippen LogP contribution in [-0.2, 0) is 17.8 Å². The zero-order valence-electron chi connectivity index (χ0n) is 19.0. The normalized spacial score (nSPS) is 15.4. The number of aromatic nitrogens is 1. The van der Waals surface area contributed by atoms with Gasteiger partial charge in [-0.2, -0.15) is 0 Å². The summed E-state index contributed by atoms with van der Waals surface area (Å²) in [6.45, 7) is 2.60. The van der Waals surface area contributed by atoms with Gasteiger partial charge >= 0.3 is 0 Å². The number of nitrogens with zero attached hydrogens (tertiary/aromatic N) is 2. The highest BCUT2D eigenvalue weighted by molar-refractivity contribution is 6.30. The van der Waals surface area contributed by atoms with Crippen molar-refractivity contribution in [3.05, 3.63) is 101 Å². The molecule has 6 nitrogen and oxygen atoms in total. The summed E-state index contributed by atoms with van der Waals surface area (Å²) in [6.07, 6.45) is 3.96. The van der Waals surface area contributed by atoms with E-state index in [4.69, 9.17) is 11.6 Å². The summed E-state index contributed by atoms with van der Waals surface area (Å²) >= 11 is 5.94. The van der Waals surface area contributed by atoms with Gasteiger partial charge in [0.05, 0.1) is 5.69 Å². The number of piperidine rings is 1. The lowest BCUT2D eigenvalue weighted by Gasteiger charge is -2.33. The molecule has 0 aliphatic carbocycles. The molecule has 0 bridgehead atoms. The Balaban J connectivity index is 1.36. The standard InChI is InChI=1S/C27H29ClN4O2/c28-22-11-9-21(10-12-22)26(33)31-25(18-20-6-2-1-3-7-20)27(34)30-23-13-16-32(17-14-23)19-24-8-4-5-15-29-24/h1-12,15,23,25H,13-14,16-19H2,(H,30,34)(H,31,33). The van der Waals surface area contributed by atoms with Gasteiger partial charge in [-0.3, -0.25) is 19.5 Å². The van der Waals surface area contributed by atoms with E-state index in [2.05, 4.69) is 20.5 Å². The fraction of sp³-hybridized carbons (Fsp3) is 0.296. The predicted octanol–water partition coefficient (Wildman–Crippen LogP) is 3.86. The topological polar surface area (TPSA) is 74.3 Å². The molecule has 0 spiro atoms. The second kappa shape index (κ2) is 11.8. The molecule has 7 heteroatoms. The van der Waals surface area contributed by atoms with Crippen molar-refractivity contribution in [3.63, 3.8) is 0 Å². The van der Waals surface area contributed by atoms with Crippen molar-refractivity contribution in [2.24, 2.45) is 0 Å². The maximum atomic E-state index is 13.2. The summed E-state index contributed by atoms with van der Waals surface area (Å²) < 4.78 is 0.